The minimum atomic E-state index is -1.25. The van der Waals surface area contributed by atoms with Gasteiger partial charge in [0.25, 0.3) is 0 Å². The molecule has 1 aromatic carbocycles. The molecule has 0 aromatic heterocycles. The molecule has 1 N–H and O–H groups in total. The van der Waals surface area contributed by atoms with Crippen molar-refractivity contribution in [1.29, 1.82) is 0 Å². The summed E-state index contributed by atoms with van der Waals surface area (Å²) in [6.45, 7) is 3.49. The second kappa shape index (κ2) is 7.30. The standard InChI is InChI=1S/C18H17NO7/c1-2-6-12(17(21)22)15-16(19-13(20)9-14(19)25-15)26-18(23)24-10-11-7-4-3-5-8-11/h2-5,7-8,14,16H,1,6,9-10H2,(H,21,22)/t14-,16?/m1/s1. The highest BCUT2D eigenvalue weighted by atomic mass is 16.7. The molecule has 0 bridgehead atoms. The summed E-state index contributed by atoms with van der Waals surface area (Å²) in [6, 6.07) is 8.98. The van der Waals surface area contributed by atoms with E-state index in [4.69, 9.17) is 14.2 Å². The molecule has 2 aliphatic heterocycles. The van der Waals surface area contributed by atoms with Crippen molar-refractivity contribution in [2.75, 3.05) is 0 Å². The number of carbonyl (C=O) groups is 3. The highest BCUT2D eigenvalue weighted by Gasteiger charge is 2.54. The van der Waals surface area contributed by atoms with Gasteiger partial charge in [-0.1, -0.05) is 36.4 Å². The number of carboxylic acids is 1. The first-order chi connectivity index (χ1) is 12.5. The summed E-state index contributed by atoms with van der Waals surface area (Å²) >= 11 is 0. The van der Waals surface area contributed by atoms with Gasteiger partial charge in [0.05, 0.1) is 12.0 Å². The summed E-state index contributed by atoms with van der Waals surface area (Å²) in [4.78, 5) is 36.5. The molecule has 1 amide bonds. The van der Waals surface area contributed by atoms with Gasteiger partial charge in [-0.3, -0.25) is 9.69 Å². The van der Waals surface area contributed by atoms with Crippen LogP contribution in [0.2, 0.25) is 0 Å². The molecule has 3 rings (SSSR count). The normalized spacial score (nSPS) is 22.6. The molecule has 2 heterocycles. The number of allylic oxidation sites excluding steroid dienone is 1. The lowest BCUT2D eigenvalue weighted by Crippen LogP contribution is -2.53. The maximum atomic E-state index is 12.0. The molecule has 2 aliphatic rings. The van der Waals surface area contributed by atoms with Crippen molar-refractivity contribution < 1.29 is 33.7 Å². The number of fused-ring (bicyclic) bond motifs is 1. The second-order valence-corrected chi connectivity index (χ2v) is 5.71. The number of β-lactam (4-membered cyclic amide) rings is 1. The molecule has 0 saturated carbocycles. The van der Waals surface area contributed by atoms with Gasteiger partial charge in [0, 0.05) is 6.42 Å². The number of benzene rings is 1. The fourth-order valence-corrected chi connectivity index (χ4v) is 2.72. The summed E-state index contributed by atoms with van der Waals surface area (Å²) < 4.78 is 15.7. The van der Waals surface area contributed by atoms with Crippen LogP contribution in [0.4, 0.5) is 4.79 Å². The zero-order chi connectivity index (χ0) is 18.7. The fraction of sp³-hybridized carbons (Fsp3) is 0.278. The third kappa shape index (κ3) is 3.39. The molecule has 8 heteroatoms. The quantitative estimate of drug-likeness (QED) is 0.359. The van der Waals surface area contributed by atoms with Gasteiger partial charge in [0.1, 0.15) is 6.61 Å². The van der Waals surface area contributed by atoms with Crippen molar-refractivity contribution in [2.45, 2.75) is 31.9 Å². The van der Waals surface area contributed by atoms with Gasteiger partial charge in [-0.15, -0.1) is 6.58 Å². The molecular formula is C18H17NO7. The topological polar surface area (TPSA) is 102 Å². The number of amides is 1. The number of ether oxygens (including phenoxy) is 3. The lowest BCUT2D eigenvalue weighted by molar-refractivity contribution is -0.165. The maximum absolute atomic E-state index is 12.0. The molecule has 2 atom stereocenters. The molecule has 26 heavy (non-hydrogen) atoms. The summed E-state index contributed by atoms with van der Waals surface area (Å²) in [5.41, 5.74) is 0.640. The van der Waals surface area contributed by atoms with Crippen molar-refractivity contribution in [2.24, 2.45) is 0 Å². The van der Waals surface area contributed by atoms with Gasteiger partial charge in [0.2, 0.25) is 12.1 Å². The zero-order valence-electron chi connectivity index (χ0n) is 13.8. The monoisotopic (exact) mass is 359 g/mol. The highest BCUT2D eigenvalue weighted by molar-refractivity contribution is 5.89. The molecule has 136 valence electrons. The highest BCUT2D eigenvalue weighted by Crippen LogP contribution is 2.39. The van der Waals surface area contributed by atoms with Crippen LogP contribution >= 0.6 is 0 Å². The van der Waals surface area contributed by atoms with E-state index in [9.17, 15) is 19.5 Å². The van der Waals surface area contributed by atoms with E-state index in [1.165, 1.54) is 11.0 Å². The largest absolute Gasteiger partial charge is 0.510 e. The van der Waals surface area contributed by atoms with E-state index in [2.05, 4.69) is 6.58 Å². The van der Waals surface area contributed by atoms with E-state index >= 15 is 0 Å². The van der Waals surface area contributed by atoms with Gasteiger partial charge in [-0.25, -0.2) is 9.59 Å². The Morgan fingerprint density at radius 2 is 2.08 bits per heavy atom. The molecular weight excluding hydrogens is 342 g/mol. The van der Waals surface area contributed by atoms with Gasteiger partial charge in [-0.2, -0.15) is 0 Å². The summed E-state index contributed by atoms with van der Waals surface area (Å²) in [6.07, 6.45) is -1.42. The third-order valence-corrected chi connectivity index (χ3v) is 4.00. The Bertz CT molecular complexity index is 771. The van der Waals surface area contributed by atoms with Crippen LogP contribution in [0.5, 0.6) is 0 Å². The predicted molar refractivity (Wildman–Crippen MR) is 87.3 cm³/mol. The molecule has 1 unspecified atom stereocenters. The van der Waals surface area contributed by atoms with Crippen molar-refractivity contribution in [3.8, 4) is 0 Å². The van der Waals surface area contributed by atoms with E-state index < -0.39 is 24.6 Å². The lowest BCUT2D eigenvalue weighted by atomic mass is 10.1. The number of rotatable bonds is 6. The molecule has 2 fully saturated rings. The van der Waals surface area contributed by atoms with Gasteiger partial charge in [0.15, 0.2) is 12.0 Å². The van der Waals surface area contributed by atoms with Crippen molar-refractivity contribution in [1.82, 2.24) is 4.90 Å². The molecule has 0 spiro atoms. The minimum absolute atomic E-state index is 0.00165. The first kappa shape index (κ1) is 17.5. The van der Waals surface area contributed by atoms with Crippen LogP contribution in [0, 0.1) is 0 Å². The van der Waals surface area contributed by atoms with Crippen LogP contribution < -0.4 is 0 Å². The van der Waals surface area contributed by atoms with E-state index in [-0.39, 0.29) is 36.7 Å². The molecule has 2 saturated heterocycles. The van der Waals surface area contributed by atoms with E-state index in [0.717, 1.165) is 5.56 Å². The zero-order valence-corrected chi connectivity index (χ0v) is 13.8. The Kier molecular flexibility index (Phi) is 4.92. The van der Waals surface area contributed by atoms with Gasteiger partial charge >= 0.3 is 12.1 Å². The van der Waals surface area contributed by atoms with Gasteiger partial charge < -0.3 is 19.3 Å². The van der Waals surface area contributed by atoms with Crippen LogP contribution in [-0.4, -0.2) is 40.5 Å². The number of hydrogen-bond donors (Lipinski definition) is 1. The summed E-state index contributed by atoms with van der Waals surface area (Å²) in [7, 11) is 0. The average molecular weight is 359 g/mol. The number of carbonyl (C=O) groups excluding carboxylic acids is 2. The predicted octanol–water partition coefficient (Wildman–Crippen LogP) is 2.17. The van der Waals surface area contributed by atoms with Crippen LogP contribution in [-0.2, 0) is 30.4 Å². The van der Waals surface area contributed by atoms with Crippen molar-refractivity contribution in [3.05, 3.63) is 59.9 Å². The molecule has 0 aliphatic carbocycles. The van der Waals surface area contributed by atoms with Crippen molar-refractivity contribution >= 4 is 18.0 Å². The smallest absolute Gasteiger partial charge is 0.478 e. The van der Waals surface area contributed by atoms with E-state index in [1.807, 2.05) is 6.07 Å². The minimum Gasteiger partial charge on any atom is -0.478 e. The second-order valence-electron chi connectivity index (χ2n) is 5.71. The Labute approximate surface area is 149 Å². The summed E-state index contributed by atoms with van der Waals surface area (Å²) in [5.74, 6) is -1.61. The fourth-order valence-electron chi connectivity index (χ4n) is 2.72. The van der Waals surface area contributed by atoms with Crippen LogP contribution in [0.3, 0.4) is 0 Å². The Morgan fingerprint density at radius 3 is 2.69 bits per heavy atom. The summed E-state index contributed by atoms with van der Waals surface area (Å²) in [5, 5.41) is 9.37. The Morgan fingerprint density at radius 1 is 1.35 bits per heavy atom. The van der Waals surface area contributed by atoms with Gasteiger partial charge in [-0.05, 0) is 5.56 Å². The first-order valence-electron chi connectivity index (χ1n) is 7.93. The van der Waals surface area contributed by atoms with Crippen LogP contribution in [0.25, 0.3) is 0 Å². The number of hydrogen-bond acceptors (Lipinski definition) is 6. The number of aliphatic carboxylic acids is 1. The van der Waals surface area contributed by atoms with Crippen LogP contribution in [0.1, 0.15) is 18.4 Å². The van der Waals surface area contributed by atoms with Crippen LogP contribution in [0.15, 0.2) is 54.3 Å². The molecule has 1 aromatic rings. The Balaban J connectivity index is 1.74. The Hall–Kier alpha value is -3.29. The molecule has 0 radical (unpaired) electrons. The molecule has 8 nitrogen and oxygen atoms in total. The van der Waals surface area contributed by atoms with E-state index in [1.54, 1.807) is 24.3 Å². The SMILES string of the molecule is C=CCC(C(=O)O)=C1O[C@@H]2CC(=O)N2C1OC(=O)OCc1ccccc1. The van der Waals surface area contributed by atoms with E-state index in [0.29, 0.717) is 0 Å². The maximum Gasteiger partial charge on any atom is 0.510 e. The third-order valence-electron chi connectivity index (χ3n) is 4.00. The number of nitrogens with zero attached hydrogens (tertiary/aromatic N) is 1. The van der Waals surface area contributed by atoms with Crippen molar-refractivity contribution in [3.63, 3.8) is 0 Å². The average Bonchev–Trinajstić information content (AvgIpc) is 2.89. The first-order valence-corrected chi connectivity index (χ1v) is 7.93. The lowest BCUT2D eigenvalue weighted by Gasteiger charge is -2.33. The number of carboxylic acid groups (broad SMARTS) is 1.